The Hall–Kier alpha value is -1.11. The molecule has 0 aliphatic carbocycles. The highest BCUT2D eigenvalue weighted by Crippen LogP contribution is 2.31. The number of alkyl halides is 3. The summed E-state index contributed by atoms with van der Waals surface area (Å²) in [7, 11) is 1.49. The van der Waals surface area contributed by atoms with Crippen LogP contribution in [0, 0.1) is 5.41 Å². The second-order valence-electron chi connectivity index (χ2n) is 6.42. The van der Waals surface area contributed by atoms with Gasteiger partial charge in [-0.3, -0.25) is 0 Å². The quantitative estimate of drug-likeness (QED) is 0.844. The van der Waals surface area contributed by atoms with Gasteiger partial charge in [-0.15, -0.1) is 0 Å². The second kappa shape index (κ2) is 7.44. The van der Waals surface area contributed by atoms with Crippen LogP contribution in [0.5, 0.6) is 0 Å². The van der Waals surface area contributed by atoms with E-state index in [0.29, 0.717) is 5.56 Å². The van der Waals surface area contributed by atoms with Crippen LogP contribution < -0.4 is 5.32 Å². The number of hydrogen-bond acceptors (Lipinski definition) is 3. The average Bonchev–Trinajstić information content (AvgIpc) is 2.41. The van der Waals surface area contributed by atoms with Gasteiger partial charge in [0.2, 0.25) is 0 Å². The van der Waals surface area contributed by atoms with E-state index < -0.39 is 23.9 Å². The lowest BCUT2D eigenvalue weighted by atomic mass is 9.89. The number of rotatable bonds is 6. The third-order valence-electron chi connectivity index (χ3n) is 3.51. The molecule has 1 rings (SSSR count). The van der Waals surface area contributed by atoms with E-state index >= 15 is 0 Å². The van der Waals surface area contributed by atoms with Crippen LogP contribution in [0.15, 0.2) is 24.3 Å². The summed E-state index contributed by atoms with van der Waals surface area (Å²) in [4.78, 5) is 0. The third-order valence-corrected chi connectivity index (χ3v) is 3.51. The summed E-state index contributed by atoms with van der Waals surface area (Å²) in [6.45, 7) is 6.19. The van der Waals surface area contributed by atoms with Gasteiger partial charge in [-0.25, -0.2) is 0 Å². The van der Waals surface area contributed by atoms with Crippen LogP contribution in [0.1, 0.15) is 37.9 Å². The number of ether oxygens (including phenoxy) is 1. The number of halogens is 3. The van der Waals surface area contributed by atoms with Gasteiger partial charge in [0, 0.05) is 13.7 Å². The first-order chi connectivity index (χ1) is 10.1. The molecule has 2 N–H and O–H groups in total. The van der Waals surface area contributed by atoms with Gasteiger partial charge >= 0.3 is 6.18 Å². The molecule has 0 aliphatic rings. The standard InChI is InChI=1S/C16H24F3NO2/c1-15(2,3)14(21)9-20-13(10-22-4)11-6-5-7-12(8-11)16(17,18)19/h5-8,13-14,20-21H,9-10H2,1-4H3. The van der Waals surface area contributed by atoms with E-state index in [4.69, 9.17) is 4.74 Å². The van der Waals surface area contributed by atoms with Gasteiger partial charge < -0.3 is 15.2 Å². The zero-order valence-electron chi connectivity index (χ0n) is 13.4. The molecule has 1 aromatic rings. The lowest BCUT2D eigenvalue weighted by Gasteiger charge is -2.28. The molecule has 2 unspecified atom stereocenters. The van der Waals surface area contributed by atoms with Crippen molar-refractivity contribution in [2.24, 2.45) is 5.41 Å². The van der Waals surface area contributed by atoms with Crippen LogP contribution >= 0.6 is 0 Å². The van der Waals surface area contributed by atoms with E-state index in [2.05, 4.69) is 5.32 Å². The molecule has 2 atom stereocenters. The Labute approximate surface area is 129 Å². The summed E-state index contributed by atoms with van der Waals surface area (Å²) >= 11 is 0. The van der Waals surface area contributed by atoms with Crippen molar-refractivity contribution in [3.63, 3.8) is 0 Å². The second-order valence-corrected chi connectivity index (χ2v) is 6.42. The Morgan fingerprint density at radius 1 is 1.23 bits per heavy atom. The summed E-state index contributed by atoms with van der Waals surface area (Å²) in [5, 5.41) is 13.1. The van der Waals surface area contributed by atoms with Crippen molar-refractivity contribution in [1.29, 1.82) is 0 Å². The van der Waals surface area contributed by atoms with E-state index in [1.807, 2.05) is 20.8 Å². The van der Waals surface area contributed by atoms with E-state index in [1.165, 1.54) is 13.2 Å². The maximum Gasteiger partial charge on any atom is 0.416 e. The van der Waals surface area contributed by atoms with E-state index in [0.717, 1.165) is 12.1 Å². The van der Waals surface area contributed by atoms with Crippen molar-refractivity contribution in [3.8, 4) is 0 Å². The first kappa shape index (κ1) is 18.9. The van der Waals surface area contributed by atoms with Crippen LogP contribution in [0.3, 0.4) is 0 Å². The highest BCUT2D eigenvalue weighted by Gasteiger charge is 2.31. The summed E-state index contributed by atoms with van der Waals surface area (Å²) in [6, 6.07) is 4.74. The smallest absolute Gasteiger partial charge is 0.391 e. The van der Waals surface area contributed by atoms with Crippen LogP contribution in [-0.2, 0) is 10.9 Å². The van der Waals surface area contributed by atoms with Crippen LogP contribution in [0.2, 0.25) is 0 Å². The van der Waals surface area contributed by atoms with Gasteiger partial charge in [-0.05, 0) is 23.1 Å². The molecule has 0 fully saturated rings. The maximum absolute atomic E-state index is 12.8. The van der Waals surface area contributed by atoms with Crippen molar-refractivity contribution in [2.45, 2.75) is 39.1 Å². The molecular formula is C16H24F3NO2. The van der Waals surface area contributed by atoms with Crippen molar-refractivity contribution in [2.75, 3.05) is 20.3 Å². The molecule has 0 saturated heterocycles. The molecular weight excluding hydrogens is 295 g/mol. The predicted molar refractivity (Wildman–Crippen MR) is 79.5 cm³/mol. The minimum atomic E-state index is -4.38. The molecule has 0 aromatic heterocycles. The largest absolute Gasteiger partial charge is 0.416 e. The first-order valence-electron chi connectivity index (χ1n) is 7.13. The van der Waals surface area contributed by atoms with Crippen LogP contribution in [0.25, 0.3) is 0 Å². The topological polar surface area (TPSA) is 41.5 Å². The zero-order valence-corrected chi connectivity index (χ0v) is 13.4. The minimum absolute atomic E-state index is 0.220. The van der Waals surface area contributed by atoms with Gasteiger partial charge in [0.25, 0.3) is 0 Å². The lowest BCUT2D eigenvalue weighted by molar-refractivity contribution is -0.137. The Morgan fingerprint density at radius 2 is 1.86 bits per heavy atom. The van der Waals surface area contributed by atoms with Gasteiger partial charge in [0.15, 0.2) is 0 Å². The summed E-state index contributed by atoms with van der Waals surface area (Å²) in [6.07, 6.45) is -4.99. The molecule has 6 heteroatoms. The average molecular weight is 319 g/mol. The fourth-order valence-corrected chi connectivity index (χ4v) is 1.93. The number of methoxy groups -OCH3 is 1. The van der Waals surface area contributed by atoms with E-state index in [-0.39, 0.29) is 18.6 Å². The number of hydrogen-bond donors (Lipinski definition) is 2. The molecule has 0 heterocycles. The van der Waals surface area contributed by atoms with Crippen molar-refractivity contribution in [1.82, 2.24) is 5.32 Å². The number of nitrogens with one attached hydrogen (secondary N) is 1. The number of aliphatic hydroxyl groups excluding tert-OH is 1. The number of aliphatic hydroxyl groups is 1. The monoisotopic (exact) mass is 319 g/mol. The van der Waals surface area contributed by atoms with Gasteiger partial charge in [-0.1, -0.05) is 32.9 Å². The molecule has 126 valence electrons. The Kier molecular flexibility index (Phi) is 6.40. The summed E-state index contributed by atoms with van der Waals surface area (Å²) in [5.41, 5.74) is -0.514. The van der Waals surface area contributed by atoms with Gasteiger partial charge in [-0.2, -0.15) is 13.2 Å². The maximum atomic E-state index is 12.8. The Bertz CT molecular complexity index is 469. The van der Waals surface area contributed by atoms with Crippen LogP contribution in [-0.4, -0.2) is 31.5 Å². The summed E-state index contributed by atoms with van der Waals surface area (Å²) in [5.74, 6) is 0. The molecule has 0 radical (unpaired) electrons. The van der Waals surface area contributed by atoms with Crippen molar-refractivity contribution < 1.29 is 23.0 Å². The van der Waals surface area contributed by atoms with Crippen LogP contribution in [0.4, 0.5) is 13.2 Å². The molecule has 22 heavy (non-hydrogen) atoms. The SMILES string of the molecule is COCC(NCC(O)C(C)(C)C)c1cccc(C(F)(F)F)c1. The third kappa shape index (κ3) is 5.59. The normalized spacial score (nSPS) is 15.6. The Balaban J connectivity index is 2.87. The van der Waals surface area contributed by atoms with Crippen molar-refractivity contribution in [3.05, 3.63) is 35.4 Å². The Morgan fingerprint density at radius 3 is 2.36 bits per heavy atom. The van der Waals surface area contributed by atoms with Crippen molar-refractivity contribution >= 4 is 0 Å². The van der Waals surface area contributed by atoms with Gasteiger partial charge in [0.05, 0.1) is 24.3 Å². The summed E-state index contributed by atoms with van der Waals surface area (Å²) < 4.78 is 43.5. The fraction of sp³-hybridized carbons (Fsp3) is 0.625. The molecule has 3 nitrogen and oxygen atoms in total. The molecule has 0 amide bonds. The highest BCUT2D eigenvalue weighted by atomic mass is 19.4. The molecule has 0 spiro atoms. The molecule has 0 aliphatic heterocycles. The molecule has 0 bridgehead atoms. The molecule has 0 saturated carbocycles. The zero-order chi connectivity index (χ0) is 17.0. The number of benzene rings is 1. The highest BCUT2D eigenvalue weighted by molar-refractivity contribution is 5.28. The minimum Gasteiger partial charge on any atom is -0.391 e. The van der Waals surface area contributed by atoms with Gasteiger partial charge in [0.1, 0.15) is 0 Å². The lowest BCUT2D eigenvalue weighted by Crippen LogP contribution is -2.39. The molecule has 1 aromatic carbocycles. The fourth-order valence-electron chi connectivity index (χ4n) is 1.93. The first-order valence-corrected chi connectivity index (χ1v) is 7.13. The van der Waals surface area contributed by atoms with E-state index in [9.17, 15) is 18.3 Å². The predicted octanol–water partition coefficient (Wildman–Crippen LogP) is 3.39. The van der Waals surface area contributed by atoms with E-state index in [1.54, 1.807) is 6.07 Å².